The number of ether oxygens (including phenoxy) is 1. The summed E-state index contributed by atoms with van der Waals surface area (Å²) >= 11 is 2.10. The van der Waals surface area contributed by atoms with Crippen molar-refractivity contribution in [1.29, 1.82) is 0 Å². The lowest BCUT2D eigenvalue weighted by molar-refractivity contribution is 0.117. The number of nitrogens with zero attached hydrogens (tertiary/aromatic N) is 2. The summed E-state index contributed by atoms with van der Waals surface area (Å²) < 4.78 is 5.81. The van der Waals surface area contributed by atoms with Gasteiger partial charge in [-0.3, -0.25) is 10.3 Å². The summed E-state index contributed by atoms with van der Waals surface area (Å²) in [6.45, 7) is 4.21. The average Bonchev–Trinajstić information content (AvgIpc) is 1.98. The SMILES string of the molecule is CC(C)OC(=O)NC1=CC(I)=NN(C)C1. The van der Waals surface area contributed by atoms with Gasteiger partial charge in [0.05, 0.1) is 12.6 Å². The number of rotatable bonds is 2. The largest absolute Gasteiger partial charge is 0.447 e. The third-order valence-electron chi connectivity index (χ3n) is 1.56. The van der Waals surface area contributed by atoms with E-state index in [2.05, 4.69) is 33.0 Å². The number of amides is 1. The van der Waals surface area contributed by atoms with Crippen molar-refractivity contribution < 1.29 is 9.53 Å². The molecule has 0 spiro atoms. The molecule has 0 bridgehead atoms. The van der Waals surface area contributed by atoms with E-state index in [1.165, 1.54) is 0 Å². The molecule has 0 atom stereocenters. The number of hydrazone groups is 1. The Kier molecular flexibility index (Phi) is 4.37. The summed E-state index contributed by atoms with van der Waals surface area (Å²) in [5.74, 6) is 0. The van der Waals surface area contributed by atoms with E-state index in [4.69, 9.17) is 4.74 Å². The van der Waals surface area contributed by atoms with Gasteiger partial charge in [-0.2, -0.15) is 5.10 Å². The number of hydrogen-bond acceptors (Lipinski definition) is 4. The lowest BCUT2D eigenvalue weighted by Gasteiger charge is -2.20. The average molecular weight is 323 g/mol. The van der Waals surface area contributed by atoms with Crippen LogP contribution in [0.4, 0.5) is 4.79 Å². The maximum absolute atomic E-state index is 11.3. The first-order valence-electron chi connectivity index (χ1n) is 4.61. The first-order chi connectivity index (χ1) is 6.97. The summed E-state index contributed by atoms with van der Waals surface area (Å²) in [5.41, 5.74) is 0.794. The molecule has 0 fully saturated rings. The van der Waals surface area contributed by atoms with Gasteiger partial charge in [-0.15, -0.1) is 0 Å². The molecule has 0 aromatic heterocycles. The zero-order chi connectivity index (χ0) is 11.4. The van der Waals surface area contributed by atoms with Gasteiger partial charge in [0.2, 0.25) is 0 Å². The van der Waals surface area contributed by atoms with Gasteiger partial charge in [-0.1, -0.05) is 0 Å². The lowest BCUT2D eigenvalue weighted by atomic mass is 10.3. The van der Waals surface area contributed by atoms with Gasteiger partial charge in [0.1, 0.15) is 3.72 Å². The second kappa shape index (κ2) is 5.34. The Balaban J connectivity index is 2.52. The molecule has 1 heterocycles. The smallest absolute Gasteiger partial charge is 0.411 e. The maximum atomic E-state index is 11.3. The molecule has 0 aliphatic carbocycles. The molecular formula is C9H14IN3O2. The summed E-state index contributed by atoms with van der Waals surface area (Å²) in [7, 11) is 1.85. The molecule has 1 amide bonds. The molecule has 5 nitrogen and oxygen atoms in total. The number of halogens is 1. The molecule has 0 unspecified atom stereocenters. The third-order valence-corrected chi connectivity index (χ3v) is 2.09. The lowest BCUT2D eigenvalue weighted by Crippen LogP contribution is -2.33. The Morgan fingerprint density at radius 2 is 2.40 bits per heavy atom. The molecule has 84 valence electrons. The molecule has 0 aromatic carbocycles. The fraction of sp³-hybridized carbons (Fsp3) is 0.556. The highest BCUT2D eigenvalue weighted by Crippen LogP contribution is 2.08. The van der Waals surface area contributed by atoms with E-state index in [1.54, 1.807) is 5.01 Å². The van der Waals surface area contributed by atoms with Gasteiger partial charge in [-0.25, -0.2) is 4.79 Å². The van der Waals surface area contributed by atoms with Crippen LogP contribution in [0.1, 0.15) is 13.8 Å². The summed E-state index contributed by atoms with van der Waals surface area (Å²) in [5, 5.41) is 8.61. The van der Waals surface area contributed by atoms with Crippen LogP contribution in [0.25, 0.3) is 0 Å². The van der Waals surface area contributed by atoms with Crippen LogP contribution in [-0.2, 0) is 4.74 Å². The van der Waals surface area contributed by atoms with Crippen molar-refractivity contribution >= 4 is 32.4 Å². The summed E-state index contributed by atoms with van der Waals surface area (Å²) in [6.07, 6.45) is 1.29. The van der Waals surface area contributed by atoms with E-state index < -0.39 is 6.09 Å². The number of allylic oxidation sites excluding steroid dienone is 1. The monoisotopic (exact) mass is 323 g/mol. The topological polar surface area (TPSA) is 53.9 Å². The van der Waals surface area contributed by atoms with Crippen molar-refractivity contribution in [3.8, 4) is 0 Å². The molecule has 1 N–H and O–H groups in total. The van der Waals surface area contributed by atoms with Crippen molar-refractivity contribution in [2.75, 3.05) is 13.6 Å². The van der Waals surface area contributed by atoms with Crippen molar-refractivity contribution in [3.05, 3.63) is 11.8 Å². The minimum Gasteiger partial charge on any atom is -0.447 e. The van der Waals surface area contributed by atoms with Crippen molar-refractivity contribution in [2.45, 2.75) is 20.0 Å². The normalized spacial score (nSPS) is 15.9. The minimum atomic E-state index is -0.421. The highest BCUT2D eigenvalue weighted by Gasteiger charge is 2.12. The van der Waals surface area contributed by atoms with E-state index in [-0.39, 0.29) is 6.10 Å². The van der Waals surface area contributed by atoms with Gasteiger partial charge in [0, 0.05) is 12.7 Å². The molecule has 1 aliphatic rings. The third kappa shape index (κ3) is 4.50. The van der Waals surface area contributed by atoms with E-state index in [0.717, 1.165) is 9.42 Å². The Hall–Kier alpha value is -0.790. The van der Waals surface area contributed by atoms with E-state index >= 15 is 0 Å². The molecule has 1 rings (SSSR count). The molecule has 6 heteroatoms. The number of carbonyl (C=O) groups is 1. The van der Waals surface area contributed by atoms with E-state index in [1.807, 2.05) is 27.0 Å². The predicted octanol–water partition coefficient (Wildman–Crippen LogP) is 1.70. The van der Waals surface area contributed by atoms with Gasteiger partial charge in [0.25, 0.3) is 0 Å². The van der Waals surface area contributed by atoms with Crippen LogP contribution in [0.5, 0.6) is 0 Å². The molecule has 0 saturated carbocycles. The van der Waals surface area contributed by atoms with Gasteiger partial charge < -0.3 is 4.74 Å². The van der Waals surface area contributed by atoms with E-state index in [9.17, 15) is 4.79 Å². The van der Waals surface area contributed by atoms with Crippen molar-refractivity contribution in [2.24, 2.45) is 5.10 Å². The molecule has 0 radical (unpaired) electrons. The number of alkyl carbamates (subject to hydrolysis) is 1. The number of likely N-dealkylation sites (N-methyl/N-ethyl adjacent to an activating group) is 1. The molecule has 0 saturated heterocycles. The molecular weight excluding hydrogens is 309 g/mol. The van der Waals surface area contributed by atoms with Crippen LogP contribution in [-0.4, -0.2) is 34.5 Å². The minimum absolute atomic E-state index is 0.111. The Bertz CT molecular complexity index is 312. The fourth-order valence-electron chi connectivity index (χ4n) is 1.11. The zero-order valence-electron chi connectivity index (χ0n) is 8.95. The van der Waals surface area contributed by atoms with Crippen molar-refractivity contribution in [3.63, 3.8) is 0 Å². The van der Waals surface area contributed by atoms with Crippen LogP contribution in [0, 0.1) is 0 Å². The van der Waals surface area contributed by atoms with Gasteiger partial charge in [-0.05, 0) is 42.5 Å². The van der Waals surface area contributed by atoms with Gasteiger partial charge >= 0.3 is 6.09 Å². The standard InChI is InChI=1S/C9H14IN3O2/c1-6(2)15-9(14)11-7-4-8(10)12-13(3)5-7/h4,6H,5H2,1-3H3,(H,11,14). The highest BCUT2D eigenvalue weighted by molar-refractivity contribution is 14.1. The number of carbonyl (C=O) groups excluding carboxylic acids is 1. The first-order valence-corrected chi connectivity index (χ1v) is 5.68. The maximum Gasteiger partial charge on any atom is 0.411 e. The van der Waals surface area contributed by atoms with Crippen LogP contribution < -0.4 is 5.32 Å². The Labute approximate surface area is 103 Å². The van der Waals surface area contributed by atoms with E-state index in [0.29, 0.717) is 6.54 Å². The van der Waals surface area contributed by atoms with Crippen LogP contribution in [0.15, 0.2) is 16.9 Å². The zero-order valence-corrected chi connectivity index (χ0v) is 11.1. The highest BCUT2D eigenvalue weighted by atomic mass is 127. The van der Waals surface area contributed by atoms with Gasteiger partial charge in [0.15, 0.2) is 0 Å². The fourth-order valence-corrected chi connectivity index (χ4v) is 1.86. The molecule has 0 aromatic rings. The second-order valence-corrected chi connectivity index (χ2v) is 4.59. The van der Waals surface area contributed by atoms with Crippen LogP contribution >= 0.6 is 22.6 Å². The van der Waals surface area contributed by atoms with Crippen molar-refractivity contribution in [1.82, 2.24) is 10.3 Å². The molecule has 15 heavy (non-hydrogen) atoms. The quantitative estimate of drug-likeness (QED) is 0.787. The van der Waals surface area contributed by atoms with Crippen LogP contribution in [0.2, 0.25) is 0 Å². The Morgan fingerprint density at radius 3 is 2.93 bits per heavy atom. The summed E-state index contributed by atoms with van der Waals surface area (Å²) in [6, 6.07) is 0. The first kappa shape index (κ1) is 12.3. The summed E-state index contributed by atoms with van der Waals surface area (Å²) in [4.78, 5) is 11.3. The second-order valence-electron chi connectivity index (χ2n) is 3.49. The van der Waals surface area contributed by atoms with Crippen LogP contribution in [0.3, 0.4) is 0 Å². The Morgan fingerprint density at radius 1 is 1.73 bits per heavy atom. The number of nitrogens with one attached hydrogen (secondary N) is 1. The predicted molar refractivity (Wildman–Crippen MR) is 66.9 cm³/mol. The number of hydrogen-bond donors (Lipinski definition) is 1. The molecule has 1 aliphatic heterocycles.